The van der Waals surface area contributed by atoms with Crippen molar-refractivity contribution in [2.75, 3.05) is 37.0 Å². The third-order valence-electron chi connectivity index (χ3n) is 3.87. The van der Waals surface area contributed by atoms with E-state index in [4.69, 9.17) is 16.3 Å². The van der Waals surface area contributed by atoms with E-state index < -0.39 is 9.84 Å². The highest BCUT2D eigenvalue weighted by molar-refractivity contribution is 7.90. The van der Waals surface area contributed by atoms with Gasteiger partial charge in [-0.2, -0.15) is 0 Å². The number of amides is 1. The van der Waals surface area contributed by atoms with Crippen molar-refractivity contribution in [2.24, 2.45) is 5.92 Å². The standard InChI is InChI=1S/C16H23ClN2O4S.ClH/c1-24(21,22)9-8-23-15-4-3-13(17)10-14(15)19-16(20)5-2-12-6-7-18-11-12;/h3-4,10,12,18H,2,5-9,11H2,1H3,(H,19,20);1H. The Labute approximate surface area is 160 Å². The van der Waals surface area contributed by atoms with Gasteiger partial charge in [-0.15, -0.1) is 12.4 Å². The number of halogens is 2. The third-order valence-corrected chi connectivity index (χ3v) is 5.01. The summed E-state index contributed by atoms with van der Waals surface area (Å²) in [6, 6.07) is 4.87. The van der Waals surface area contributed by atoms with E-state index in [1.807, 2.05) is 0 Å². The number of carbonyl (C=O) groups excluding carboxylic acids is 1. The first-order chi connectivity index (χ1) is 11.3. The Balaban J connectivity index is 0.00000312. The van der Waals surface area contributed by atoms with Crippen LogP contribution in [-0.4, -0.2) is 46.0 Å². The van der Waals surface area contributed by atoms with Crippen molar-refractivity contribution in [1.29, 1.82) is 0 Å². The van der Waals surface area contributed by atoms with Gasteiger partial charge in [0.05, 0.1) is 11.4 Å². The van der Waals surface area contributed by atoms with E-state index in [9.17, 15) is 13.2 Å². The molecule has 1 saturated heterocycles. The van der Waals surface area contributed by atoms with Crippen LogP contribution in [0, 0.1) is 5.92 Å². The number of rotatable bonds is 8. The predicted molar refractivity (Wildman–Crippen MR) is 103 cm³/mol. The van der Waals surface area contributed by atoms with Crippen molar-refractivity contribution in [2.45, 2.75) is 19.3 Å². The molecule has 1 heterocycles. The summed E-state index contributed by atoms with van der Waals surface area (Å²) in [6.07, 6.45) is 3.52. The summed E-state index contributed by atoms with van der Waals surface area (Å²) in [5.74, 6) is 0.772. The van der Waals surface area contributed by atoms with E-state index in [1.165, 1.54) is 0 Å². The van der Waals surface area contributed by atoms with E-state index in [2.05, 4.69) is 10.6 Å². The van der Waals surface area contributed by atoms with Gasteiger partial charge in [0.2, 0.25) is 5.91 Å². The highest BCUT2D eigenvalue weighted by Crippen LogP contribution is 2.28. The summed E-state index contributed by atoms with van der Waals surface area (Å²) in [7, 11) is -3.10. The molecule has 1 fully saturated rings. The van der Waals surface area contributed by atoms with E-state index in [-0.39, 0.29) is 30.7 Å². The molecule has 25 heavy (non-hydrogen) atoms. The molecule has 0 bridgehead atoms. The molecule has 0 aromatic heterocycles. The first kappa shape index (κ1) is 22.0. The highest BCUT2D eigenvalue weighted by Gasteiger charge is 2.16. The van der Waals surface area contributed by atoms with Crippen LogP contribution in [0.5, 0.6) is 5.75 Å². The maximum absolute atomic E-state index is 12.1. The topological polar surface area (TPSA) is 84.5 Å². The van der Waals surface area contributed by atoms with Gasteiger partial charge >= 0.3 is 0 Å². The summed E-state index contributed by atoms with van der Waals surface area (Å²) in [6.45, 7) is 2.00. The Morgan fingerprint density at radius 3 is 2.84 bits per heavy atom. The number of hydrogen-bond donors (Lipinski definition) is 2. The molecule has 2 N–H and O–H groups in total. The zero-order chi connectivity index (χ0) is 17.6. The molecule has 2 rings (SSSR count). The molecular formula is C16H24Cl2N2O4S. The second-order valence-electron chi connectivity index (χ2n) is 6.06. The molecule has 1 amide bonds. The number of sulfone groups is 1. The lowest BCUT2D eigenvalue weighted by Crippen LogP contribution is -2.16. The summed E-state index contributed by atoms with van der Waals surface area (Å²) in [5, 5.41) is 6.56. The monoisotopic (exact) mass is 410 g/mol. The molecule has 1 aliphatic heterocycles. The van der Waals surface area contributed by atoms with E-state index in [1.54, 1.807) is 18.2 Å². The minimum atomic E-state index is -3.10. The van der Waals surface area contributed by atoms with Gasteiger partial charge in [-0.1, -0.05) is 11.6 Å². The Hall–Kier alpha value is -1.02. The summed E-state index contributed by atoms with van der Waals surface area (Å²) < 4.78 is 27.8. The number of nitrogens with one attached hydrogen (secondary N) is 2. The van der Waals surface area contributed by atoms with Crippen molar-refractivity contribution in [3.8, 4) is 5.75 Å². The minimum Gasteiger partial charge on any atom is -0.490 e. The maximum atomic E-state index is 12.1. The predicted octanol–water partition coefficient (Wildman–Crippen LogP) is 2.51. The molecule has 1 unspecified atom stereocenters. The van der Waals surface area contributed by atoms with E-state index >= 15 is 0 Å². The van der Waals surface area contributed by atoms with Gasteiger partial charge in [-0.05, 0) is 50.0 Å². The lowest BCUT2D eigenvalue weighted by Gasteiger charge is -2.13. The van der Waals surface area contributed by atoms with Crippen LogP contribution in [0.25, 0.3) is 0 Å². The number of carbonyl (C=O) groups is 1. The second kappa shape index (κ2) is 10.2. The summed E-state index contributed by atoms with van der Waals surface area (Å²) in [5.41, 5.74) is 0.463. The van der Waals surface area contributed by atoms with Crippen LogP contribution in [0.3, 0.4) is 0 Å². The quantitative estimate of drug-likeness (QED) is 0.687. The first-order valence-electron chi connectivity index (χ1n) is 7.94. The van der Waals surface area contributed by atoms with E-state index in [0.717, 1.165) is 32.2 Å². The van der Waals surface area contributed by atoms with Crippen molar-refractivity contribution in [3.05, 3.63) is 23.2 Å². The lowest BCUT2D eigenvalue weighted by atomic mass is 10.0. The zero-order valence-corrected chi connectivity index (χ0v) is 16.5. The molecule has 0 aliphatic carbocycles. The van der Waals surface area contributed by atoms with Gasteiger partial charge in [-0.3, -0.25) is 4.79 Å². The van der Waals surface area contributed by atoms with Crippen LogP contribution in [-0.2, 0) is 14.6 Å². The van der Waals surface area contributed by atoms with Gasteiger partial charge in [0.25, 0.3) is 0 Å². The van der Waals surface area contributed by atoms with Crippen molar-refractivity contribution in [3.63, 3.8) is 0 Å². The average Bonchev–Trinajstić information content (AvgIpc) is 2.99. The van der Waals surface area contributed by atoms with Crippen LogP contribution < -0.4 is 15.4 Å². The molecule has 0 spiro atoms. The van der Waals surface area contributed by atoms with Crippen LogP contribution in [0.1, 0.15) is 19.3 Å². The smallest absolute Gasteiger partial charge is 0.224 e. The Morgan fingerprint density at radius 1 is 1.44 bits per heavy atom. The Morgan fingerprint density at radius 2 is 2.20 bits per heavy atom. The fourth-order valence-corrected chi connectivity index (χ4v) is 3.10. The van der Waals surface area contributed by atoms with Gasteiger partial charge in [0, 0.05) is 17.7 Å². The number of hydrogen-bond acceptors (Lipinski definition) is 5. The second-order valence-corrected chi connectivity index (χ2v) is 8.76. The lowest BCUT2D eigenvalue weighted by molar-refractivity contribution is -0.116. The molecule has 1 aromatic rings. The highest BCUT2D eigenvalue weighted by atomic mass is 35.5. The molecule has 0 saturated carbocycles. The van der Waals surface area contributed by atoms with Crippen LogP contribution >= 0.6 is 24.0 Å². The summed E-state index contributed by atoms with van der Waals surface area (Å²) >= 11 is 5.98. The van der Waals surface area contributed by atoms with Gasteiger partial charge in [0.1, 0.15) is 12.4 Å². The zero-order valence-electron chi connectivity index (χ0n) is 14.1. The summed E-state index contributed by atoms with van der Waals surface area (Å²) in [4.78, 5) is 12.1. The van der Waals surface area contributed by atoms with Crippen molar-refractivity contribution >= 4 is 45.4 Å². The average molecular weight is 411 g/mol. The van der Waals surface area contributed by atoms with Crippen LogP contribution in [0.15, 0.2) is 18.2 Å². The van der Waals surface area contributed by atoms with Gasteiger partial charge < -0.3 is 15.4 Å². The SMILES string of the molecule is CS(=O)(=O)CCOc1ccc(Cl)cc1NC(=O)CCC1CCNC1.Cl. The first-order valence-corrected chi connectivity index (χ1v) is 10.4. The van der Waals surface area contributed by atoms with Crippen LogP contribution in [0.4, 0.5) is 5.69 Å². The number of anilines is 1. The van der Waals surface area contributed by atoms with Crippen LogP contribution in [0.2, 0.25) is 5.02 Å². The minimum absolute atomic E-state index is 0. The fraction of sp³-hybridized carbons (Fsp3) is 0.562. The maximum Gasteiger partial charge on any atom is 0.224 e. The Bertz CT molecular complexity index is 677. The molecule has 9 heteroatoms. The van der Waals surface area contributed by atoms with E-state index in [0.29, 0.717) is 28.8 Å². The molecular weight excluding hydrogens is 387 g/mol. The van der Waals surface area contributed by atoms with Crippen molar-refractivity contribution in [1.82, 2.24) is 5.32 Å². The Kier molecular flexibility index (Phi) is 8.99. The normalized spacial score (nSPS) is 17.0. The molecule has 6 nitrogen and oxygen atoms in total. The third kappa shape index (κ3) is 8.27. The number of ether oxygens (including phenoxy) is 1. The van der Waals surface area contributed by atoms with Gasteiger partial charge in [-0.25, -0.2) is 8.42 Å². The molecule has 142 valence electrons. The molecule has 1 aromatic carbocycles. The number of benzene rings is 1. The fourth-order valence-electron chi connectivity index (χ4n) is 2.54. The molecule has 1 atom stereocenters. The van der Waals surface area contributed by atoms with Gasteiger partial charge in [0.15, 0.2) is 9.84 Å². The molecule has 1 aliphatic rings. The largest absolute Gasteiger partial charge is 0.490 e. The molecule has 0 radical (unpaired) electrons. The van der Waals surface area contributed by atoms with Crippen molar-refractivity contribution < 1.29 is 17.9 Å².